The SMILES string of the molecule is CCNC(Cc1ccccc1Cl)CC(C)COC. The van der Waals surface area contributed by atoms with E-state index in [2.05, 4.69) is 25.2 Å². The normalized spacial score (nSPS) is 14.4. The standard InChI is InChI=1S/C15H24ClNO/c1-4-17-14(9-12(2)11-18-3)10-13-7-5-6-8-15(13)16/h5-8,12,14,17H,4,9-11H2,1-3H3. The maximum atomic E-state index is 6.21. The van der Waals surface area contributed by atoms with Gasteiger partial charge in [0.1, 0.15) is 0 Å². The molecule has 1 aromatic rings. The zero-order valence-corrected chi connectivity index (χ0v) is 12.3. The molecule has 0 saturated carbocycles. The lowest BCUT2D eigenvalue weighted by atomic mass is 9.96. The van der Waals surface area contributed by atoms with Crippen LogP contribution in [0.1, 0.15) is 25.8 Å². The lowest BCUT2D eigenvalue weighted by Gasteiger charge is -2.22. The van der Waals surface area contributed by atoms with Gasteiger partial charge in [0.05, 0.1) is 0 Å². The summed E-state index contributed by atoms with van der Waals surface area (Å²) in [5, 5.41) is 4.39. The number of nitrogens with one attached hydrogen (secondary N) is 1. The Labute approximate surface area is 116 Å². The summed E-state index contributed by atoms with van der Waals surface area (Å²) in [7, 11) is 1.76. The minimum Gasteiger partial charge on any atom is -0.384 e. The summed E-state index contributed by atoms with van der Waals surface area (Å²) in [6.45, 7) is 6.15. The molecule has 0 aliphatic heterocycles. The van der Waals surface area contributed by atoms with Gasteiger partial charge in [-0.15, -0.1) is 0 Å². The van der Waals surface area contributed by atoms with Gasteiger partial charge < -0.3 is 10.1 Å². The molecule has 3 heteroatoms. The zero-order chi connectivity index (χ0) is 13.4. The zero-order valence-electron chi connectivity index (χ0n) is 11.6. The van der Waals surface area contributed by atoms with Crippen LogP contribution in [-0.4, -0.2) is 26.3 Å². The third kappa shape index (κ3) is 5.38. The van der Waals surface area contributed by atoms with Crippen molar-refractivity contribution in [2.24, 2.45) is 5.92 Å². The number of halogens is 1. The highest BCUT2D eigenvalue weighted by Gasteiger charge is 2.14. The Morgan fingerprint density at radius 3 is 2.67 bits per heavy atom. The molecule has 2 unspecified atom stereocenters. The Morgan fingerprint density at radius 2 is 2.06 bits per heavy atom. The quantitative estimate of drug-likeness (QED) is 0.780. The first-order valence-corrected chi connectivity index (χ1v) is 7.00. The second-order valence-corrected chi connectivity index (χ2v) is 5.25. The lowest BCUT2D eigenvalue weighted by molar-refractivity contribution is 0.149. The lowest BCUT2D eigenvalue weighted by Crippen LogP contribution is -2.33. The van der Waals surface area contributed by atoms with E-state index in [1.54, 1.807) is 7.11 Å². The van der Waals surface area contributed by atoms with Crippen LogP contribution in [0.15, 0.2) is 24.3 Å². The number of ether oxygens (including phenoxy) is 1. The predicted molar refractivity (Wildman–Crippen MR) is 78.3 cm³/mol. The molecule has 0 spiro atoms. The minimum atomic E-state index is 0.458. The molecule has 18 heavy (non-hydrogen) atoms. The van der Waals surface area contributed by atoms with Gasteiger partial charge >= 0.3 is 0 Å². The molecule has 102 valence electrons. The van der Waals surface area contributed by atoms with Gasteiger partial charge in [-0.1, -0.05) is 43.6 Å². The molecule has 0 aliphatic rings. The summed E-state index contributed by atoms with van der Waals surface area (Å²) in [6.07, 6.45) is 2.08. The molecule has 0 saturated heterocycles. The molecule has 2 atom stereocenters. The molecule has 1 aromatic carbocycles. The first-order valence-electron chi connectivity index (χ1n) is 6.63. The Balaban J connectivity index is 2.59. The molecule has 0 radical (unpaired) electrons. The van der Waals surface area contributed by atoms with Crippen molar-refractivity contribution in [3.8, 4) is 0 Å². The fraction of sp³-hybridized carbons (Fsp3) is 0.600. The van der Waals surface area contributed by atoms with Gasteiger partial charge in [-0.25, -0.2) is 0 Å². The van der Waals surface area contributed by atoms with Crippen molar-refractivity contribution in [2.75, 3.05) is 20.3 Å². The van der Waals surface area contributed by atoms with Gasteiger partial charge in [0.2, 0.25) is 0 Å². The summed E-state index contributed by atoms with van der Waals surface area (Å²) < 4.78 is 5.20. The minimum absolute atomic E-state index is 0.458. The van der Waals surface area contributed by atoms with Crippen molar-refractivity contribution in [3.05, 3.63) is 34.9 Å². The topological polar surface area (TPSA) is 21.3 Å². The van der Waals surface area contributed by atoms with Gasteiger partial charge in [-0.2, -0.15) is 0 Å². The molecule has 0 bridgehead atoms. The van der Waals surface area contributed by atoms with E-state index < -0.39 is 0 Å². The Bertz CT molecular complexity index is 343. The van der Waals surface area contributed by atoms with Gasteiger partial charge in [0, 0.05) is 24.8 Å². The molecule has 1 rings (SSSR count). The molecule has 2 nitrogen and oxygen atoms in total. The van der Waals surface area contributed by atoms with Crippen LogP contribution >= 0.6 is 11.6 Å². The van der Waals surface area contributed by atoms with Crippen LogP contribution in [0.3, 0.4) is 0 Å². The molecule has 0 fully saturated rings. The van der Waals surface area contributed by atoms with E-state index in [-0.39, 0.29) is 0 Å². The molecule has 0 aliphatic carbocycles. The Kier molecular flexibility index (Phi) is 7.33. The largest absolute Gasteiger partial charge is 0.384 e. The van der Waals surface area contributed by atoms with E-state index in [1.165, 1.54) is 5.56 Å². The molecule has 1 N–H and O–H groups in total. The molecular weight excluding hydrogens is 246 g/mol. The highest BCUT2D eigenvalue weighted by atomic mass is 35.5. The van der Waals surface area contributed by atoms with E-state index in [1.807, 2.05) is 18.2 Å². The van der Waals surface area contributed by atoms with Gasteiger partial charge in [0.25, 0.3) is 0 Å². The van der Waals surface area contributed by atoms with E-state index in [0.717, 1.165) is 31.0 Å². The maximum absolute atomic E-state index is 6.21. The second-order valence-electron chi connectivity index (χ2n) is 4.85. The molecule has 0 amide bonds. The van der Waals surface area contributed by atoms with Crippen molar-refractivity contribution >= 4 is 11.6 Å². The third-order valence-electron chi connectivity index (χ3n) is 3.06. The monoisotopic (exact) mass is 269 g/mol. The summed E-state index contributed by atoms with van der Waals surface area (Å²) in [6, 6.07) is 8.54. The molecular formula is C15H24ClNO. The van der Waals surface area contributed by atoms with Crippen LogP contribution in [0.4, 0.5) is 0 Å². The van der Waals surface area contributed by atoms with Gasteiger partial charge in [-0.3, -0.25) is 0 Å². The first-order chi connectivity index (χ1) is 8.67. The van der Waals surface area contributed by atoms with E-state index in [0.29, 0.717) is 12.0 Å². The number of likely N-dealkylation sites (N-methyl/N-ethyl adjacent to an activating group) is 1. The van der Waals surface area contributed by atoms with Gasteiger partial charge in [-0.05, 0) is 36.9 Å². The molecule has 0 aromatic heterocycles. The molecule has 0 heterocycles. The van der Waals surface area contributed by atoms with Crippen LogP contribution in [0.2, 0.25) is 5.02 Å². The fourth-order valence-corrected chi connectivity index (χ4v) is 2.51. The average Bonchev–Trinajstić information content (AvgIpc) is 2.32. The summed E-state index contributed by atoms with van der Waals surface area (Å²) in [5.74, 6) is 0.557. The number of hydrogen-bond donors (Lipinski definition) is 1. The van der Waals surface area contributed by atoms with Crippen molar-refractivity contribution in [2.45, 2.75) is 32.7 Å². The summed E-state index contributed by atoms with van der Waals surface area (Å²) in [4.78, 5) is 0. The van der Waals surface area contributed by atoms with Gasteiger partial charge in [0.15, 0.2) is 0 Å². The first kappa shape index (κ1) is 15.5. The number of hydrogen-bond acceptors (Lipinski definition) is 2. The van der Waals surface area contributed by atoms with Crippen LogP contribution in [0, 0.1) is 5.92 Å². The fourth-order valence-electron chi connectivity index (χ4n) is 2.30. The number of benzene rings is 1. The highest BCUT2D eigenvalue weighted by molar-refractivity contribution is 6.31. The van der Waals surface area contributed by atoms with Crippen LogP contribution < -0.4 is 5.32 Å². The van der Waals surface area contributed by atoms with Crippen molar-refractivity contribution in [3.63, 3.8) is 0 Å². The maximum Gasteiger partial charge on any atom is 0.0488 e. The van der Waals surface area contributed by atoms with E-state index in [4.69, 9.17) is 16.3 Å². The van der Waals surface area contributed by atoms with Crippen LogP contribution in [0.5, 0.6) is 0 Å². The average molecular weight is 270 g/mol. The van der Waals surface area contributed by atoms with Crippen molar-refractivity contribution < 1.29 is 4.74 Å². The summed E-state index contributed by atoms with van der Waals surface area (Å²) in [5.41, 5.74) is 1.22. The van der Waals surface area contributed by atoms with Crippen LogP contribution in [-0.2, 0) is 11.2 Å². The Morgan fingerprint density at radius 1 is 1.33 bits per heavy atom. The van der Waals surface area contributed by atoms with Crippen molar-refractivity contribution in [1.82, 2.24) is 5.32 Å². The van der Waals surface area contributed by atoms with Crippen molar-refractivity contribution in [1.29, 1.82) is 0 Å². The smallest absolute Gasteiger partial charge is 0.0488 e. The summed E-state index contributed by atoms with van der Waals surface area (Å²) >= 11 is 6.21. The van der Waals surface area contributed by atoms with E-state index in [9.17, 15) is 0 Å². The van der Waals surface area contributed by atoms with Crippen LogP contribution in [0.25, 0.3) is 0 Å². The number of rotatable bonds is 8. The second kappa shape index (κ2) is 8.52. The van der Waals surface area contributed by atoms with E-state index >= 15 is 0 Å². The Hall–Kier alpha value is -0.570. The number of methoxy groups -OCH3 is 1. The highest BCUT2D eigenvalue weighted by Crippen LogP contribution is 2.19. The predicted octanol–water partition coefficient (Wildman–Crippen LogP) is 3.53. The third-order valence-corrected chi connectivity index (χ3v) is 3.42.